The maximum atomic E-state index is 13.0. The van der Waals surface area contributed by atoms with E-state index in [2.05, 4.69) is 5.32 Å². The summed E-state index contributed by atoms with van der Waals surface area (Å²) in [4.78, 5) is 24.2. The van der Waals surface area contributed by atoms with E-state index in [9.17, 15) is 14.0 Å². The molecule has 1 heterocycles. The van der Waals surface area contributed by atoms with Gasteiger partial charge in [0.1, 0.15) is 11.9 Å². The lowest BCUT2D eigenvalue weighted by Gasteiger charge is -2.33. The number of nitrogens with one attached hydrogen (secondary N) is 1. The van der Waals surface area contributed by atoms with Crippen LogP contribution < -0.4 is 10.2 Å². The van der Waals surface area contributed by atoms with Gasteiger partial charge in [0.25, 0.3) is 0 Å². The van der Waals surface area contributed by atoms with Gasteiger partial charge in [0.2, 0.25) is 11.8 Å². The molecule has 0 radical (unpaired) electrons. The van der Waals surface area contributed by atoms with Gasteiger partial charge in [0.15, 0.2) is 0 Å². The number of carbonyl (C=O) groups is 2. The summed E-state index contributed by atoms with van der Waals surface area (Å²) in [5, 5.41) is 2.23. The van der Waals surface area contributed by atoms with Crippen LogP contribution in [-0.2, 0) is 9.59 Å². The van der Waals surface area contributed by atoms with E-state index in [1.165, 1.54) is 12.1 Å². The fraction of sp³-hybridized carbons (Fsp3) is 0.273. The number of nitrogens with zero attached hydrogens (tertiary/aromatic N) is 1. The number of carbonyl (C=O) groups excluding carboxylic acids is 2. The molecular weight excluding hydrogens is 211 g/mol. The zero-order valence-corrected chi connectivity index (χ0v) is 8.74. The summed E-state index contributed by atoms with van der Waals surface area (Å²) in [6.45, 7) is 1.74. The van der Waals surface area contributed by atoms with Gasteiger partial charge < -0.3 is 4.90 Å². The molecule has 16 heavy (non-hydrogen) atoms. The minimum absolute atomic E-state index is 0.0658. The van der Waals surface area contributed by atoms with E-state index in [1.807, 2.05) is 0 Å². The lowest BCUT2D eigenvalue weighted by molar-refractivity contribution is -0.132. The van der Waals surface area contributed by atoms with Crippen LogP contribution in [0.1, 0.15) is 6.92 Å². The molecule has 4 nitrogen and oxygen atoms in total. The molecule has 2 rings (SSSR count). The Balaban J connectivity index is 2.32. The van der Waals surface area contributed by atoms with E-state index >= 15 is 0 Å². The molecule has 1 fully saturated rings. The molecule has 5 heteroatoms. The van der Waals surface area contributed by atoms with Crippen molar-refractivity contribution in [1.82, 2.24) is 5.32 Å². The molecule has 0 aromatic heterocycles. The maximum absolute atomic E-state index is 13.0. The van der Waals surface area contributed by atoms with Crippen molar-refractivity contribution in [3.63, 3.8) is 0 Å². The van der Waals surface area contributed by atoms with Crippen LogP contribution in [0.4, 0.5) is 10.1 Å². The average molecular weight is 222 g/mol. The van der Waals surface area contributed by atoms with Crippen molar-refractivity contribution in [2.45, 2.75) is 13.0 Å². The first kappa shape index (κ1) is 10.6. The minimum atomic E-state index is -0.473. The molecule has 1 saturated heterocycles. The molecule has 2 amide bonds. The van der Waals surface area contributed by atoms with Crippen molar-refractivity contribution < 1.29 is 14.0 Å². The maximum Gasteiger partial charge on any atom is 0.249 e. The molecule has 1 aliphatic rings. The lowest BCUT2D eigenvalue weighted by Crippen LogP contribution is -2.57. The molecular formula is C11H11FN2O2. The highest BCUT2D eigenvalue weighted by atomic mass is 19.1. The van der Waals surface area contributed by atoms with Crippen molar-refractivity contribution in [1.29, 1.82) is 0 Å². The monoisotopic (exact) mass is 222 g/mol. The lowest BCUT2D eigenvalue weighted by atomic mass is 10.1. The van der Waals surface area contributed by atoms with Crippen molar-refractivity contribution in [2.24, 2.45) is 0 Å². The van der Waals surface area contributed by atoms with Crippen LogP contribution >= 0.6 is 0 Å². The predicted molar refractivity (Wildman–Crippen MR) is 56.4 cm³/mol. The first-order valence-corrected chi connectivity index (χ1v) is 4.94. The highest BCUT2D eigenvalue weighted by Crippen LogP contribution is 2.19. The van der Waals surface area contributed by atoms with Gasteiger partial charge in [-0.25, -0.2) is 4.39 Å². The minimum Gasteiger partial charge on any atom is -0.350 e. The molecule has 0 aliphatic carbocycles. The zero-order chi connectivity index (χ0) is 11.7. The smallest absolute Gasteiger partial charge is 0.249 e. The number of halogens is 1. The Bertz CT molecular complexity index is 447. The number of anilines is 1. The van der Waals surface area contributed by atoms with E-state index in [4.69, 9.17) is 0 Å². The molecule has 1 aliphatic heterocycles. The van der Waals surface area contributed by atoms with Crippen molar-refractivity contribution in [3.05, 3.63) is 30.1 Å². The van der Waals surface area contributed by atoms with E-state index in [0.29, 0.717) is 5.69 Å². The van der Waals surface area contributed by atoms with Crippen LogP contribution in [0.2, 0.25) is 0 Å². The van der Waals surface area contributed by atoms with E-state index in [1.54, 1.807) is 24.0 Å². The zero-order valence-electron chi connectivity index (χ0n) is 8.74. The highest BCUT2D eigenvalue weighted by molar-refractivity contribution is 6.04. The van der Waals surface area contributed by atoms with Crippen LogP contribution in [0.25, 0.3) is 0 Å². The van der Waals surface area contributed by atoms with Gasteiger partial charge in [-0.05, 0) is 25.1 Å². The second-order valence-electron chi connectivity index (χ2n) is 3.70. The number of piperazine rings is 1. The fourth-order valence-corrected chi connectivity index (χ4v) is 1.68. The van der Waals surface area contributed by atoms with Crippen molar-refractivity contribution in [2.75, 3.05) is 11.4 Å². The number of hydrogen-bond donors (Lipinski definition) is 1. The molecule has 0 spiro atoms. The third-order valence-electron chi connectivity index (χ3n) is 2.56. The first-order valence-electron chi connectivity index (χ1n) is 4.94. The van der Waals surface area contributed by atoms with Gasteiger partial charge in [0, 0.05) is 5.69 Å². The van der Waals surface area contributed by atoms with Crippen LogP contribution in [0.3, 0.4) is 0 Å². The molecule has 1 unspecified atom stereocenters. The Morgan fingerprint density at radius 2 is 2.19 bits per heavy atom. The highest BCUT2D eigenvalue weighted by Gasteiger charge is 2.30. The van der Waals surface area contributed by atoms with Crippen LogP contribution in [0.15, 0.2) is 24.3 Å². The largest absolute Gasteiger partial charge is 0.350 e. The van der Waals surface area contributed by atoms with Crippen molar-refractivity contribution in [3.8, 4) is 0 Å². The molecule has 1 aromatic carbocycles. The van der Waals surface area contributed by atoms with Gasteiger partial charge in [-0.3, -0.25) is 14.9 Å². The SMILES string of the molecule is CC1C(=O)NC(=O)CN1c1cccc(F)c1. The van der Waals surface area contributed by atoms with E-state index < -0.39 is 6.04 Å². The van der Waals surface area contributed by atoms with E-state index in [0.717, 1.165) is 0 Å². The van der Waals surface area contributed by atoms with Crippen LogP contribution in [-0.4, -0.2) is 24.4 Å². The molecule has 0 bridgehead atoms. The Morgan fingerprint density at radius 3 is 2.88 bits per heavy atom. The summed E-state index contributed by atoms with van der Waals surface area (Å²) in [5.41, 5.74) is 0.538. The molecule has 1 N–H and O–H groups in total. The quantitative estimate of drug-likeness (QED) is 0.711. The number of hydrogen-bond acceptors (Lipinski definition) is 3. The van der Waals surface area contributed by atoms with Crippen molar-refractivity contribution >= 4 is 17.5 Å². The first-order chi connectivity index (χ1) is 7.58. The Labute approximate surface area is 92.0 Å². The third kappa shape index (κ3) is 1.88. The second kappa shape index (κ2) is 3.92. The summed E-state index contributed by atoms with van der Waals surface area (Å²) in [6.07, 6.45) is 0. The second-order valence-corrected chi connectivity index (χ2v) is 3.70. The predicted octanol–water partition coefficient (Wildman–Crippen LogP) is 0.677. The topological polar surface area (TPSA) is 49.4 Å². The molecule has 1 atom stereocenters. The summed E-state index contributed by atoms with van der Waals surface area (Å²) >= 11 is 0. The van der Waals surface area contributed by atoms with Crippen LogP contribution in [0.5, 0.6) is 0 Å². The number of rotatable bonds is 1. The Kier molecular flexibility index (Phi) is 2.60. The van der Waals surface area contributed by atoms with E-state index in [-0.39, 0.29) is 24.2 Å². The number of amides is 2. The Morgan fingerprint density at radius 1 is 1.44 bits per heavy atom. The number of benzene rings is 1. The molecule has 84 valence electrons. The van der Waals surface area contributed by atoms with Gasteiger partial charge >= 0.3 is 0 Å². The fourth-order valence-electron chi connectivity index (χ4n) is 1.68. The Hall–Kier alpha value is -1.91. The standard InChI is InChI=1S/C11H11FN2O2/c1-7-11(16)13-10(15)6-14(7)9-4-2-3-8(12)5-9/h2-5,7H,6H2,1H3,(H,13,15,16). The molecule has 0 saturated carbocycles. The third-order valence-corrected chi connectivity index (χ3v) is 2.56. The van der Waals surface area contributed by atoms with Gasteiger partial charge in [0.05, 0.1) is 6.54 Å². The summed E-state index contributed by atoms with van der Waals surface area (Å²) in [6, 6.07) is 5.38. The van der Waals surface area contributed by atoms with Gasteiger partial charge in [-0.1, -0.05) is 6.07 Å². The van der Waals surface area contributed by atoms with Crippen LogP contribution in [0, 0.1) is 5.82 Å². The van der Waals surface area contributed by atoms with Gasteiger partial charge in [-0.2, -0.15) is 0 Å². The average Bonchev–Trinajstić information content (AvgIpc) is 2.23. The summed E-state index contributed by atoms with van der Waals surface area (Å²) in [7, 11) is 0. The summed E-state index contributed by atoms with van der Waals surface area (Å²) in [5.74, 6) is -1.11. The summed E-state index contributed by atoms with van der Waals surface area (Å²) < 4.78 is 13.0. The molecule has 1 aromatic rings. The normalized spacial score (nSPS) is 20.9. The van der Waals surface area contributed by atoms with Gasteiger partial charge in [-0.15, -0.1) is 0 Å². The number of imide groups is 1.